The molecule has 23 heavy (non-hydrogen) atoms. The number of hydrogen-bond donors (Lipinski definition) is 0. The predicted octanol–water partition coefficient (Wildman–Crippen LogP) is 2.92. The lowest BCUT2D eigenvalue weighted by atomic mass is 10.2. The molecule has 0 radical (unpaired) electrons. The van der Waals surface area contributed by atoms with Crippen molar-refractivity contribution >= 4 is 11.8 Å². The van der Waals surface area contributed by atoms with E-state index in [9.17, 15) is 0 Å². The zero-order valence-corrected chi connectivity index (χ0v) is 13.4. The third-order valence-corrected chi connectivity index (χ3v) is 4.31. The Morgan fingerprint density at radius 3 is 2.65 bits per heavy atom. The Labute approximate surface area is 138 Å². The number of nitriles is 1. The number of nitrogens with zero attached hydrogens (tertiary/aromatic N) is 6. The molecule has 0 aliphatic carbocycles. The summed E-state index contributed by atoms with van der Waals surface area (Å²) < 4.78 is 2.03. The second-order valence-electron chi connectivity index (χ2n) is 4.74. The van der Waals surface area contributed by atoms with Gasteiger partial charge in [-0.15, -0.1) is 10.2 Å². The maximum atomic E-state index is 8.83. The van der Waals surface area contributed by atoms with E-state index in [2.05, 4.69) is 33.2 Å². The maximum absolute atomic E-state index is 8.83. The summed E-state index contributed by atoms with van der Waals surface area (Å²) in [5, 5.41) is 18.2. The van der Waals surface area contributed by atoms with Gasteiger partial charge in [-0.3, -0.25) is 4.98 Å². The fourth-order valence-electron chi connectivity index (χ4n) is 2.11. The van der Waals surface area contributed by atoms with Gasteiger partial charge in [-0.2, -0.15) is 5.26 Å². The van der Waals surface area contributed by atoms with Crippen LogP contribution in [0.5, 0.6) is 0 Å². The fraction of sp³-hybridized carbons (Fsp3) is 0.188. The van der Waals surface area contributed by atoms with Gasteiger partial charge >= 0.3 is 0 Å². The van der Waals surface area contributed by atoms with Crippen LogP contribution in [0.4, 0.5) is 0 Å². The number of benzene rings is 1. The Bertz CT molecular complexity index is 820. The van der Waals surface area contributed by atoms with Crippen molar-refractivity contribution in [2.75, 3.05) is 0 Å². The van der Waals surface area contributed by atoms with Crippen molar-refractivity contribution in [1.29, 1.82) is 5.26 Å². The first-order valence-electron chi connectivity index (χ1n) is 7.13. The standard InChI is InChI=1S/C16H14N6S/c1-2-22-15(14-10-18-7-8-19-14)20-21-16(22)23-11-13-5-3-12(9-17)4-6-13/h3-8,10H,2,11H2,1H3. The van der Waals surface area contributed by atoms with Crippen LogP contribution in [0, 0.1) is 11.3 Å². The van der Waals surface area contributed by atoms with Gasteiger partial charge in [0.1, 0.15) is 5.69 Å². The van der Waals surface area contributed by atoms with Crippen LogP contribution in [0.15, 0.2) is 48.0 Å². The number of rotatable bonds is 5. The number of aromatic nitrogens is 5. The minimum Gasteiger partial charge on any atom is -0.301 e. The lowest BCUT2D eigenvalue weighted by molar-refractivity contribution is 0.685. The molecule has 0 atom stereocenters. The van der Waals surface area contributed by atoms with Crippen molar-refractivity contribution in [2.45, 2.75) is 24.4 Å². The lowest BCUT2D eigenvalue weighted by Gasteiger charge is -2.06. The van der Waals surface area contributed by atoms with Crippen LogP contribution in [0.3, 0.4) is 0 Å². The van der Waals surface area contributed by atoms with Gasteiger partial charge in [0.2, 0.25) is 0 Å². The molecule has 0 fully saturated rings. The van der Waals surface area contributed by atoms with E-state index in [0.29, 0.717) is 11.3 Å². The zero-order valence-electron chi connectivity index (χ0n) is 12.5. The van der Waals surface area contributed by atoms with Crippen LogP contribution in [0.1, 0.15) is 18.1 Å². The van der Waals surface area contributed by atoms with Crippen LogP contribution in [0.2, 0.25) is 0 Å². The molecule has 2 heterocycles. The number of thioether (sulfide) groups is 1. The number of hydrogen-bond acceptors (Lipinski definition) is 6. The quantitative estimate of drug-likeness (QED) is 0.672. The Hall–Kier alpha value is -2.72. The molecule has 0 spiro atoms. The molecule has 6 nitrogen and oxygen atoms in total. The van der Waals surface area contributed by atoms with Gasteiger partial charge in [-0.05, 0) is 24.6 Å². The van der Waals surface area contributed by atoms with E-state index in [-0.39, 0.29) is 0 Å². The highest BCUT2D eigenvalue weighted by Crippen LogP contribution is 2.25. The summed E-state index contributed by atoms with van der Waals surface area (Å²) in [5.74, 6) is 1.49. The second-order valence-corrected chi connectivity index (χ2v) is 5.68. The molecule has 7 heteroatoms. The van der Waals surface area contributed by atoms with Gasteiger partial charge in [0, 0.05) is 24.7 Å². The van der Waals surface area contributed by atoms with Crippen molar-refractivity contribution in [3.63, 3.8) is 0 Å². The van der Waals surface area contributed by atoms with Crippen molar-refractivity contribution in [2.24, 2.45) is 0 Å². The first-order chi connectivity index (χ1) is 11.3. The minimum absolute atomic E-state index is 0.667. The van der Waals surface area contributed by atoms with Gasteiger partial charge < -0.3 is 4.57 Å². The third kappa shape index (κ3) is 3.38. The maximum Gasteiger partial charge on any atom is 0.191 e. The molecule has 0 saturated heterocycles. The molecule has 114 valence electrons. The zero-order chi connectivity index (χ0) is 16.1. The van der Waals surface area contributed by atoms with Gasteiger partial charge in [0.15, 0.2) is 11.0 Å². The van der Waals surface area contributed by atoms with E-state index >= 15 is 0 Å². The Morgan fingerprint density at radius 2 is 2.00 bits per heavy atom. The smallest absolute Gasteiger partial charge is 0.191 e. The molecule has 0 saturated carbocycles. The van der Waals surface area contributed by atoms with E-state index < -0.39 is 0 Å². The van der Waals surface area contributed by atoms with Crippen LogP contribution < -0.4 is 0 Å². The van der Waals surface area contributed by atoms with E-state index in [1.54, 1.807) is 30.4 Å². The first kappa shape index (κ1) is 15.2. The molecule has 0 unspecified atom stereocenters. The van der Waals surface area contributed by atoms with E-state index in [1.807, 2.05) is 28.8 Å². The van der Waals surface area contributed by atoms with Gasteiger partial charge in [-0.1, -0.05) is 23.9 Å². The minimum atomic E-state index is 0.667. The fourth-order valence-corrected chi connectivity index (χ4v) is 3.07. The van der Waals surface area contributed by atoms with Crippen molar-refractivity contribution in [1.82, 2.24) is 24.7 Å². The van der Waals surface area contributed by atoms with Crippen LogP contribution >= 0.6 is 11.8 Å². The summed E-state index contributed by atoms with van der Waals surface area (Å²) in [4.78, 5) is 8.36. The van der Waals surface area contributed by atoms with Gasteiger partial charge in [0.05, 0.1) is 17.8 Å². The molecule has 1 aromatic carbocycles. The average molecular weight is 322 g/mol. The van der Waals surface area contributed by atoms with Crippen molar-refractivity contribution in [3.05, 3.63) is 54.0 Å². The summed E-state index contributed by atoms with van der Waals surface area (Å²) in [6, 6.07) is 9.69. The summed E-state index contributed by atoms with van der Waals surface area (Å²) in [6.45, 7) is 2.81. The Balaban J connectivity index is 1.78. The summed E-state index contributed by atoms with van der Waals surface area (Å²) in [5.41, 5.74) is 2.52. The summed E-state index contributed by atoms with van der Waals surface area (Å²) >= 11 is 1.61. The van der Waals surface area contributed by atoms with E-state index in [4.69, 9.17) is 5.26 Å². The Morgan fingerprint density at radius 1 is 1.17 bits per heavy atom. The lowest BCUT2D eigenvalue weighted by Crippen LogP contribution is -2.01. The topological polar surface area (TPSA) is 80.3 Å². The first-order valence-corrected chi connectivity index (χ1v) is 8.11. The molecule has 2 aromatic heterocycles. The molecule has 0 aliphatic rings. The molecular formula is C16H14N6S. The highest BCUT2D eigenvalue weighted by molar-refractivity contribution is 7.98. The highest BCUT2D eigenvalue weighted by atomic mass is 32.2. The van der Waals surface area contributed by atoms with E-state index in [0.717, 1.165) is 28.8 Å². The molecule has 0 amide bonds. The molecule has 3 aromatic rings. The summed E-state index contributed by atoms with van der Waals surface area (Å²) in [6.07, 6.45) is 4.97. The third-order valence-electron chi connectivity index (χ3n) is 3.28. The van der Waals surface area contributed by atoms with Crippen molar-refractivity contribution in [3.8, 4) is 17.6 Å². The predicted molar refractivity (Wildman–Crippen MR) is 87.4 cm³/mol. The second kappa shape index (κ2) is 7.03. The van der Waals surface area contributed by atoms with Crippen LogP contribution in [-0.4, -0.2) is 24.7 Å². The normalized spacial score (nSPS) is 10.4. The SMILES string of the molecule is CCn1c(SCc2ccc(C#N)cc2)nnc1-c1cnccn1. The molecule has 0 aliphatic heterocycles. The average Bonchev–Trinajstić information content (AvgIpc) is 3.04. The highest BCUT2D eigenvalue weighted by Gasteiger charge is 2.14. The Kier molecular flexibility index (Phi) is 4.64. The monoisotopic (exact) mass is 322 g/mol. The van der Waals surface area contributed by atoms with Gasteiger partial charge in [-0.25, -0.2) is 4.98 Å². The molecular weight excluding hydrogens is 308 g/mol. The van der Waals surface area contributed by atoms with Crippen LogP contribution in [0.25, 0.3) is 11.5 Å². The summed E-state index contributed by atoms with van der Waals surface area (Å²) in [7, 11) is 0. The van der Waals surface area contributed by atoms with Gasteiger partial charge in [0.25, 0.3) is 0 Å². The van der Waals surface area contributed by atoms with Crippen molar-refractivity contribution < 1.29 is 0 Å². The molecule has 3 rings (SSSR count). The van der Waals surface area contributed by atoms with Crippen LogP contribution in [-0.2, 0) is 12.3 Å². The molecule has 0 bridgehead atoms. The van der Waals surface area contributed by atoms with E-state index in [1.165, 1.54) is 0 Å². The molecule has 0 N–H and O–H groups in total. The largest absolute Gasteiger partial charge is 0.301 e.